The molecule has 0 aromatic carbocycles. The predicted molar refractivity (Wildman–Crippen MR) is 60.2 cm³/mol. The van der Waals surface area contributed by atoms with Crippen molar-refractivity contribution in [2.45, 2.75) is 45.1 Å². The lowest BCUT2D eigenvalue weighted by Crippen LogP contribution is -2.42. The smallest absolute Gasteiger partial charge is 0.112 e. The zero-order valence-electron chi connectivity index (χ0n) is 8.92. The van der Waals surface area contributed by atoms with Gasteiger partial charge in [-0.3, -0.25) is 0 Å². The van der Waals surface area contributed by atoms with E-state index in [0.717, 1.165) is 17.8 Å². The molecule has 0 saturated heterocycles. The largest absolute Gasteiger partial charge is 0.319 e. The molecule has 78 valence electrons. The van der Waals surface area contributed by atoms with Gasteiger partial charge in [0.25, 0.3) is 0 Å². The van der Waals surface area contributed by atoms with Crippen molar-refractivity contribution in [1.29, 1.82) is 0 Å². The highest BCUT2D eigenvalue weighted by molar-refractivity contribution is 7.09. The molecular formula is C11H18N2S. The Morgan fingerprint density at radius 1 is 1.29 bits per heavy atom. The fourth-order valence-corrected chi connectivity index (χ4v) is 2.87. The van der Waals surface area contributed by atoms with Gasteiger partial charge in [-0.1, -0.05) is 13.8 Å². The maximum Gasteiger partial charge on any atom is 0.112 e. The van der Waals surface area contributed by atoms with Crippen LogP contribution in [0.3, 0.4) is 0 Å². The standard InChI is InChI=1S/C11H18N2S/c1-10(2)3-5-11(12,6-4-10)9-13-7-8-14-9/h7-8H,3-6,12H2,1-2H3. The average Bonchev–Trinajstić information content (AvgIpc) is 2.64. The number of rotatable bonds is 1. The van der Waals surface area contributed by atoms with Crippen LogP contribution in [0.25, 0.3) is 0 Å². The van der Waals surface area contributed by atoms with Crippen LogP contribution in [0.4, 0.5) is 0 Å². The number of thiazole rings is 1. The third kappa shape index (κ3) is 1.84. The van der Waals surface area contributed by atoms with Crippen molar-refractivity contribution in [2.75, 3.05) is 0 Å². The Hall–Kier alpha value is -0.410. The van der Waals surface area contributed by atoms with Gasteiger partial charge in [0.05, 0.1) is 5.54 Å². The van der Waals surface area contributed by atoms with Gasteiger partial charge in [-0.2, -0.15) is 0 Å². The molecule has 14 heavy (non-hydrogen) atoms. The maximum absolute atomic E-state index is 6.39. The molecule has 0 unspecified atom stereocenters. The van der Waals surface area contributed by atoms with Gasteiger partial charge in [-0.25, -0.2) is 4.98 Å². The van der Waals surface area contributed by atoms with Crippen molar-refractivity contribution < 1.29 is 0 Å². The van der Waals surface area contributed by atoms with E-state index in [1.165, 1.54) is 12.8 Å². The monoisotopic (exact) mass is 210 g/mol. The quantitative estimate of drug-likeness (QED) is 0.774. The second-order valence-electron chi connectivity index (χ2n) is 5.16. The van der Waals surface area contributed by atoms with Crippen LogP contribution in [0, 0.1) is 5.41 Å². The summed E-state index contributed by atoms with van der Waals surface area (Å²) >= 11 is 1.69. The third-order valence-electron chi connectivity index (χ3n) is 3.35. The van der Waals surface area contributed by atoms with Gasteiger partial charge in [0, 0.05) is 11.6 Å². The van der Waals surface area contributed by atoms with E-state index in [0.29, 0.717) is 5.41 Å². The second kappa shape index (κ2) is 3.31. The lowest BCUT2D eigenvalue weighted by molar-refractivity contribution is 0.165. The normalized spacial score (nSPS) is 24.8. The minimum atomic E-state index is -0.135. The number of nitrogens with two attached hydrogens (primary N) is 1. The van der Waals surface area contributed by atoms with Crippen molar-refractivity contribution in [2.24, 2.45) is 11.1 Å². The van der Waals surface area contributed by atoms with Crippen LogP contribution in [-0.2, 0) is 5.54 Å². The van der Waals surface area contributed by atoms with E-state index in [4.69, 9.17) is 5.73 Å². The first-order valence-corrected chi connectivity index (χ1v) is 6.09. The second-order valence-corrected chi connectivity index (χ2v) is 6.05. The SMILES string of the molecule is CC1(C)CCC(N)(c2nccs2)CC1. The van der Waals surface area contributed by atoms with Crippen LogP contribution in [-0.4, -0.2) is 4.98 Å². The molecule has 1 aliphatic carbocycles. The molecule has 2 N–H and O–H groups in total. The van der Waals surface area contributed by atoms with Crippen LogP contribution in [0.1, 0.15) is 44.5 Å². The summed E-state index contributed by atoms with van der Waals surface area (Å²) in [6.07, 6.45) is 6.43. The summed E-state index contributed by atoms with van der Waals surface area (Å²) in [5.74, 6) is 0. The first-order valence-electron chi connectivity index (χ1n) is 5.21. The molecule has 2 rings (SSSR count). The highest BCUT2D eigenvalue weighted by atomic mass is 32.1. The molecule has 0 radical (unpaired) electrons. The van der Waals surface area contributed by atoms with Crippen molar-refractivity contribution in [3.63, 3.8) is 0 Å². The van der Waals surface area contributed by atoms with E-state index in [2.05, 4.69) is 18.8 Å². The first-order chi connectivity index (χ1) is 6.52. The molecule has 1 aromatic rings. The molecule has 2 nitrogen and oxygen atoms in total. The molecule has 1 heterocycles. The maximum atomic E-state index is 6.39. The number of hydrogen-bond donors (Lipinski definition) is 1. The van der Waals surface area contributed by atoms with E-state index < -0.39 is 0 Å². The highest BCUT2D eigenvalue weighted by Gasteiger charge is 2.38. The summed E-state index contributed by atoms with van der Waals surface area (Å²) in [4.78, 5) is 4.35. The van der Waals surface area contributed by atoms with Gasteiger partial charge in [-0.15, -0.1) is 11.3 Å². The molecule has 0 spiro atoms. The summed E-state index contributed by atoms with van der Waals surface area (Å²) in [7, 11) is 0. The molecule has 1 fully saturated rings. The zero-order valence-corrected chi connectivity index (χ0v) is 9.73. The Morgan fingerprint density at radius 3 is 2.43 bits per heavy atom. The number of hydrogen-bond acceptors (Lipinski definition) is 3. The van der Waals surface area contributed by atoms with Crippen LogP contribution >= 0.6 is 11.3 Å². The van der Waals surface area contributed by atoms with E-state index in [1.54, 1.807) is 11.3 Å². The number of aromatic nitrogens is 1. The van der Waals surface area contributed by atoms with Crippen LogP contribution in [0.15, 0.2) is 11.6 Å². The van der Waals surface area contributed by atoms with Crippen LogP contribution in [0.5, 0.6) is 0 Å². The Balaban J connectivity index is 2.13. The lowest BCUT2D eigenvalue weighted by atomic mass is 9.70. The first kappa shape index (κ1) is 10.1. The topological polar surface area (TPSA) is 38.9 Å². The Kier molecular flexibility index (Phi) is 2.40. The number of nitrogens with zero attached hydrogens (tertiary/aromatic N) is 1. The average molecular weight is 210 g/mol. The fourth-order valence-electron chi connectivity index (χ4n) is 2.06. The molecule has 0 bridgehead atoms. The van der Waals surface area contributed by atoms with Crippen molar-refractivity contribution in [3.05, 3.63) is 16.6 Å². The van der Waals surface area contributed by atoms with Crippen LogP contribution in [0.2, 0.25) is 0 Å². The van der Waals surface area contributed by atoms with E-state index >= 15 is 0 Å². The van der Waals surface area contributed by atoms with Gasteiger partial charge in [0.2, 0.25) is 0 Å². The van der Waals surface area contributed by atoms with Crippen molar-refractivity contribution in [1.82, 2.24) is 4.98 Å². The summed E-state index contributed by atoms with van der Waals surface area (Å²) < 4.78 is 0. The van der Waals surface area contributed by atoms with E-state index in [-0.39, 0.29) is 5.54 Å². The summed E-state index contributed by atoms with van der Waals surface area (Å²) in [6.45, 7) is 4.66. The molecular weight excluding hydrogens is 192 g/mol. The fraction of sp³-hybridized carbons (Fsp3) is 0.727. The van der Waals surface area contributed by atoms with Crippen molar-refractivity contribution >= 4 is 11.3 Å². The highest BCUT2D eigenvalue weighted by Crippen LogP contribution is 2.43. The third-order valence-corrected chi connectivity index (χ3v) is 4.35. The minimum absolute atomic E-state index is 0.135. The molecule has 0 amide bonds. The van der Waals surface area contributed by atoms with Gasteiger partial charge in [0.1, 0.15) is 5.01 Å². The summed E-state index contributed by atoms with van der Waals surface area (Å²) in [5.41, 5.74) is 6.73. The van der Waals surface area contributed by atoms with Gasteiger partial charge in [-0.05, 0) is 31.1 Å². The molecule has 1 aliphatic rings. The Labute approximate surface area is 89.5 Å². The van der Waals surface area contributed by atoms with Crippen molar-refractivity contribution in [3.8, 4) is 0 Å². The molecule has 0 atom stereocenters. The lowest BCUT2D eigenvalue weighted by Gasteiger charge is -2.39. The molecule has 0 aliphatic heterocycles. The Morgan fingerprint density at radius 2 is 1.93 bits per heavy atom. The van der Waals surface area contributed by atoms with Gasteiger partial charge >= 0.3 is 0 Å². The van der Waals surface area contributed by atoms with E-state index in [9.17, 15) is 0 Å². The molecule has 1 aromatic heterocycles. The Bertz CT molecular complexity index is 293. The minimum Gasteiger partial charge on any atom is -0.319 e. The zero-order chi connectivity index (χ0) is 10.2. The summed E-state index contributed by atoms with van der Waals surface area (Å²) in [6, 6.07) is 0. The molecule has 3 heteroatoms. The molecule has 1 saturated carbocycles. The predicted octanol–water partition coefficient (Wildman–Crippen LogP) is 2.90. The summed E-state index contributed by atoms with van der Waals surface area (Å²) in [5, 5.41) is 3.14. The van der Waals surface area contributed by atoms with Crippen LogP contribution < -0.4 is 5.73 Å². The van der Waals surface area contributed by atoms with Gasteiger partial charge < -0.3 is 5.73 Å². The van der Waals surface area contributed by atoms with Gasteiger partial charge in [0.15, 0.2) is 0 Å². The van der Waals surface area contributed by atoms with E-state index in [1.807, 2.05) is 11.6 Å².